The van der Waals surface area contributed by atoms with E-state index in [9.17, 15) is 9.90 Å². The van der Waals surface area contributed by atoms with E-state index in [1.807, 2.05) is 6.21 Å². The first-order valence-corrected chi connectivity index (χ1v) is 15.0. The molecule has 1 aromatic rings. The van der Waals surface area contributed by atoms with Crippen molar-refractivity contribution in [3.8, 4) is 5.75 Å². The van der Waals surface area contributed by atoms with Crippen LogP contribution in [0.25, 0.3) is 0 Å². The Bertz CT molecular complexity index is 992. The van der Waals surface area contributed by atoms with Crippen LogP contribution in [0.15, 0.2) is 17.1 Å². The van der Waals surface area contributed by atoms with E-state index in [0.717, 1.165) is 44.6 Å². The second-order valence-electron chi connectivity index (χ2n) is 11.8. The molecule has 2 fully saturated rings. The summed E-state index contributed by atoms with van der Waals surface area (Å²) in [6, 6.07) is 4.73. The quantitative estimate of drug-likeness (QED) is 0.340. The van der Waals surface area contributed by atoms with Gasteiger partial charge in [0, 0.05) is 56.8 Å². The van der Waals surface area contributed by atoms with E-state index < -0.39 is 6.10 Å². The molecule has 3 heterocycles. The maximum atomic E-state index is 13.2. The second kappa shape index (κ2) is 13.5. The summed E-state index contributed by atoms with van der Waals surface area (Å²) in [5.41, 5.74) is 3.84. The molecular formula is C30H47N5O4. The average molecular weight is 542 g/mol. The summed E-state index contributed by atoms with van der Waals surface area (Å²) in [5.74, 6) is 1.02. The molecule has 0 radical (unpaired) electrons. The highest BCUT2D eigenvalue weighted by Gasteiger charge is 2.33. The number of ether oxygens (including phenoxy) is 2. The zero-order valence-corrected chi connectivity index (χ0v) is 23.7. The van der Waals surface area contributed by atoms with Crippen molar-refractivity contribution in [1.82, 2.24) is 20.9 Å². The molecule has 4 aliphatic rings. The van der Waals surface area contributed by atoms with E-state index in [2.05, 4.69) is 46.8 Å². The number of hydrogen-bond donors (Lipinski definition) is 4. The van der Waals surface area contributed by atoms with Gasteiger partial charge in [-0.2, -0.15) is 0 Å². The third-order valence-electron chi connectivity index (χ3n) is 8.96. The van der Waals surface area contributed by atoms with Gasteiger partial charge in [0.15, 0.2) is 0 Å². The van der Waals surface area contributed by atoms with Gasteiger partial charge in [0.05, 0.1) is 19.0 Å². The Balaban J connectivity index is 1.08. The fourth-order valence-electron chi connectivity index (χ4n) is 6.61. The number of nitrogens with zero attached hydrogens (tertiary/aromatic N) is 2. The van der Waals surface area contributed by atoms with Gasteiger partial charge < -0.3 is 19.9 Å². The number of rotatable bonds is 11. The molecule has 1 aromatic carbocycles. The van der Waals surface area contributed by atoms with Crippen molar-refractivity contribution in [2.75, 3.05) is 39.5 Å². The highest BCUT2D eigenvalue weighted by Crippen LogP contribution is 2.30. The van der Waals surface area contributed by atoms with Gasteiger partial charge in [-0.15, -0.1) is 0 Å². The topological polar surface area (TPSA) is 107 Å². The summed E-state index contributed by atoms with van der Waals surface area (Å²) in [7, 11) is 0. The van der Waals surface area contributed by atoms with Crippen molar-refractivity contribution in [2.45, 2.75) is 89.8 Å². The maximum absolute atomic E-state index is 13.2. The summed E-state index contributed by atoms with van der Waals surface area (Å²) in [6.07, 6.45) is 9.01. The monoisotopic (exact) mass is 541 g/mol. The van der Waals surface area contributed by atoms with Crippen molar-refractivity contribution < 1.29 is 19.4 Å². The first-order chi connectivity index (χ1) is 19.0. The van der Waals surface area contributed by atoms with E-state index in [1.165, 1.54) is 42.4 Å². The normalized spacial score (nSPS) is 28.4. The largest absolute Gasteiger partial charge is 0.491 e. The fourth-order valence-corrected chi connectivity index (χ4v) is 6.61. The molecule has 1 saturated heterocycles. The minimum atomic E-state index is -0.607. The molecule has 0 spiro atoms. The summed E-state index contributed by atoms with van der Waals surface area (Å²) in [6.45, 7) is 8.71. The summed E-state index contributed by atoms with van der Waals surface area (Å²) in [5, 5.41) is 20.7. The number of carbonyl (C=O) groups is 1. The van der Waals surface area contributed by atoms with Crippen LogP contribution in [0.2, 0.25) is 0 Å². The zero-order valence-electron chi connectivity index (χ0n) is 23.7. The van der Waals surface area contributed by atoms with Crippen LogP contribution in [0.5, 0.6) is 5.75 Å². The Morgan fingerprint density at radius 3 is 2.95 bits per heavy atom. The van der Waals surface area contributed by atoms with Gasteiger partial charge in [-0.25, -0.2) is 0 Å². The maximum Gasteiger partial charge on any atom is 0.223 e. The van der Waals surface area contributed by atoms with E-state index in [-0.39, 0.29) is 36.6 Å². The number of carbonyl (C=O) groups excluding carboxylic acids is 1. The lowest BCUT2D eigenvalue weighted by Crippen LogP contribution is -2.47. The molecule has 3 aliphatic heterocycles. The number of nitrogens with one attached hydrogen (secondary N) is 3. The van der Waals surface area contributed by atoms with Gasteiger partial charge in [0.2, 0.25) is 5.91 Å². The van der Waals surface area contributed by atoms with E-state index in [1.54, 1.807) is 0 Å². The molecule has 1 amide bonds. The molecule has 5 rings (SSSR count). The Morgan fingerprint density at radius 1 is 1.33 bits per heavy atom. The van der Waals surface area contributed by atoms with Crippen LogP contribution >= 0.6 is 0 Å². The van der Waals surface area contributed by atoms with Crippen molar-refractivity contribution in [3.05, 3.63) is 28.8 Å². The third-order valence-corrected chi connectivity index (χ3v) is 8.96. The van der Waals surface area contributed by atoms with Crippen LogP contribution in [0.3, 0.4) is 0 Å². The Hall–Kier alpha value is -2.04. The van der Waals surface area contributed by atoms with Crippen LogP contribution in [0.4, 0.5) is 0 Å². The number of aliphatic hydroxyl groups is 1. The van der Waals surface area contributed by atoms with Crippen molar-refractivity contribution in [1.29, 1.82) is 0 Å². The molecule has 1 saturated carbocycles. The lowest BCUT2D eigenvalue weighted by atomic mass is 9.84. The minimum absolute atomic E-state index is 0.0208. The van der Waals surface area contributed by atoms with Gasteiger partial charge in [0.1, 0.15) is 18.5 Å². The summed E-state index contributed by atoms with van der Waals surface area (Å²) < 4.78 is 11.7. The Kier molecular flexibility index (Phi) is 9.89. The highest BCUT2D eigenvalue weighted by atomic mass is 16.5. The second-order valence-corrected chi connectivity index (χ2v) is 11.8. The Morgan fingerprint density at radius 2 is 2.18 bits per heavy atom. The minimum Gasteiger partial charge on any atom is -0.491 e. The van der Waals surface area contributed by atoms with Crippen LogP contribution in [-0.4, -0.2) is 86.1 Å². The van der Waals surface area contributed by atoms with Gasteiger partial charge in [-0.3, -0.25) is 25.3 Å². The van der Waals surface area contributed by atoms with Gasteiger partial charge >= 0.3 is 0 Å². The third kappa shape index (κ3) is 7.38. The molecule has 4 unspecified atom stereocenters. The molecule has 5 atom stereocenters. The molecule has 9 heteroatoms. The number of benzene rings is 1. The van der Waals surface area contributed by atoms with Crippen LogP contribution < -0.4 is 20.7 Å². The van der Waals surface area contributed by atoms with Gasteiger partial charge in [-0.1, -0.05) is 25.8 Å². The molecule has 9 nitrogen and oxygen atoms in total. The number of amides is 1. The number of aliphatic hydroxyl groups excluding tert-OH is 1. The highest BCUT2D eigenvalue weighted by molar-refractivity contribution is 5.83. The summed E-state index contributed by atoms with van der Waals surface area (Å²) >= 11 is 0. The van der Waals surface area contributed by atoms with Crippen LogP contribution in [0.1, 0.15) is 62.1 Å². The number of β-amino-alcohol motifs (C(OH)–C–C–N with tert-alkyl or cyclic N) is 1. The Labute approximate surface area is 233 Å². The molecule has 0 bridgehead atoms. The molecule has 216 valence electrons. The number of hydrogen-bond acceptors (Lipinski definition) is 8. The predicted octanol–water partition coefficient (Wildman–Crippen LogP) is 2.13. The molecule has 1 aliphatic carbocycles. The number of aliphatic imine (C=N–C) groups is 1. The van der Waals surface area contributed by atoms with E-state index in [4.69, 9.17) is 14.5 Å². The first kappa shape index (κ1) is 28.5. The molecule has 0 aromatic heterocycles. The SMILES string of the molecule is CCC1C=NC(NC2CCCC2)CC1C(=O)NC[C@H](O)CN1CCc2c(ccc(OCC3CNCO3)c2C)C1. The van der Waals surface area contributed by atoms with Crippen molar-refractivity contribution in [2.24, 2.45) is 16.8 Å². The van der Waals surface area contributed by atoms with E-state index >= 15 is 0 Å². The van der Waals surface area contributed by atoms with Crippen LogP contribution in [-0.2, 0) is 22.5 Å². The standard InChI is InChI=1S/C30H47N5O4/c1-3-21-13-32-29(34-23-6-4-5-7-23)12-27(21)30(37)33-14-24(36)17-35-11-10-26-20(2)28(9-8-22(26)16-35)38-18-25-15-31-19-39-25/h8-9,13,21,23-25,27,29,31,34,36H,3-7,10-12,14-19H2,1-2H3,(H,33,37)/t21?,24-,25?,27?,29?/m0/s1. The van der Waals surface area contributed by atoms with Crippen LogP contribution in [0, 0.1) is 18.8 Å². The van der Waals surface area contributed by atoms with Crippen molar-refractivity contribution in [3.63, 3.8) is 0 Å². The van der Waals surface area contributed by atoms with Gasteiger partial charge in [0.25, 0.3) is 0 Å². The zero-order chi connectivity index (χ0) is 27.2. The number of fused-ring (bicyclic) bond motifs is 1. The molecular weight excluding hydrogens is 494 g/mol. The average Bonchev–Trinajstić information content (AvgIpc) is 3.66. The predicted molar refractivity (Wildman–Crippen MR) is 152 cm³/mol. The first-order valence-electron chi connectivity index (χ1n) is 15.0. The smallest absolute Gasteiger partial charge is 0.223 e. The summed E-state index contributed by atoms with van der Waals surface area (Å²) in [4.78, 5) is 20.2. The molecule has 4 N–H and O–H groups in total. The molecule has 39 heavy (non-hydrogen) atoms. The van der Waals surface area contributed by atoms with Gasteiger partial charge in [-0.05, 0) is 61.8 Å². The van der Waals surface area contributed by atoms with Crippen molar-refractivity contribution >= 4 is 12.1 Å². The lowest BCUT2D eigenvalue weighted by Gasteiger charge is -2.33. The fraction of sp³-hybridized carbons (Fsp3) is 0.733. The lowest BCUT2D eigenvalue weighted by molar-refractivity contribution is -0.127. The van der Waals surface area contributed by atoms with E-state index in [0.29, 0.717) is 25.9 Å².